The second-order valence-electron chi connectivity index (χ2n) is 12.9. The summed E-state index contributed by atoms with van der Waals surface area (Å²) in [5.74, 6) is -0.304. The molecule has 5 aromatic rings. The molecule has 4 heterocycles. The molecule has 2 aliphatic heterocycles. The molecule has 7 rings (SSSR count). The average Bonchev–Trinajstić information content (AvgIpc) is 3.78. The van der Waals surface area contributed by atoms with E-state index in [0.29, 0.717) is 60.6 Å². The Balaban J connectivity index is 0.894. The molecule has 2 fully saturated rings. The highest BCUT2D eigenvalue weighted by atomic mass is 32.1. The number of halogens is 1. The molecule has 0 saturated carbocycles. The molecule has 2 aromatic heterocycles. The van der Waals surface area contributed by atoms with Crippen molar-refractivity contribution < 1.29 is 24.1 Å². The quantitative estimate of drug-likeness (QED) is 0.162. The van der Waals surface area contributed by atoms with Crippen molar-refractivity contribution in [2.75, 3.05) is 45.9 Å². The number of aliphatic hydroxyl groups excluding tert-OH is 1. The maximum atomic E-state index is 14.7. The van der Waals surface area contributed by atoms with Crippen molar-refractivity contribution in [1.29, 1.82) is 0 Å². The summed E-state index contributed by atoms with van der Waals surface area (Å²) in [7, 11) is 0. The largest absolute Gasteiger partial charge is 0.506 e. The highest BCUT2D eigenvalue weighted by Crippen LogP contribution is 2.33. The van der Waals surface area contributed by atoms with Gasteiger partial charge in [-0.3, -0.25) is 14.5 Å². The number of piperidine rings is 1. The van der Waals surface area contributed by atoms with Gasteiger partial charge in [-0.1, -0.05) is 23.5 Å². The second-order valence-corrected chi connectivity index (χ2v) is 13.9. The Morgan fingerprint density at radius 3 is 2.67 bits per heavy atom. The van der Waals surface area contributed by atoms with Crippen LogP contribution < -0.4 is 10.2 Å². The smallest absolute Gasteiger partial charge is 0.305 e. The van der Waals surface area contributed by atoms with E-state index < -0.39 is 6.10 Å². The lowest BCUT2D eigenvalue weighted by molar-refractivity contribution is -0.127. The molecular weight excluding hydrogens is 647 g/mol. The first kappa shape index (κ1) is 33.1. The number of carbonyl (C=O) groups is 1. The van der Waals surface area contributed by atoms with Crippen molar-refractivity contribution in [1.82, 2.24) is 29.7 Å². The van der Waals surface area contributed by atoms with E-state index in [-0.39, 0.29) is 34.5 Å². The van der Waals surface area contributed by atoms with E-state index in [4.69, 9.17) is 4.74 Å². The fourth-order valence-corrected chi connectivity index (χ4v) is 7.82. The van der Waals surface area contributed by atoms with Gasteiger partial charge in [0.25, 0.3) is 5.91 Å². The number of aromatic amines is 1. The van der Waals surface area contributed by atoms with Crippen molar-refractivity contribution in [2.45, 2.75) is 37.5 Å². The number of likely N-dealkylation sites (tertiary alicyclic amines) is 1. The van der Waals surface area contributed by atoms with Gasteiger partial charge in [-0.05, 0) is 79.4 Å². The van der Waals surface area contributed by atoms with Crippen LogP contribution in [0.5, 0.6) is 5.75 Å². The van der Waals surface area contributed by atoms with Gasteiger partial charge in [-0.2, -0.15) is 0 Å². The summed E-state index contributed by atoms with van der Waals surface area (Å²) in [4.78, 5) is 35.8. The van der Waals surface area contributed by atoms with Crippen molar-refractivity contribution >= 4 is 27.5 Å². The van der Waals surface area contributed by atoms with Crippen LogP contribution in [0.15, 0.2) is 78.1 Å². The summed E-state index contributed by atoms with van der Waals surface area (Å²) >= 11 is 0.952. The topological polar surface area (TPSA) is 136 Å². The molecule has 0 unspecified atom stereocenters. The van der Waals surface area contributed by atoms with Crippen molar-refractivity contribution in [3.8, 4) is 11.4 Å². The van der Waals surface area contributed by atoms with Gasteiger partial charge >= 0.3 is 4.87 Å². The summed E-state index contributed by atoms with van der Waals surface area (Å²) in [6.07, 6.45) is 6.59. The third-order valence-electron chi connectivity index (χ3n) is 9.52. The number of aromatic nitrogens is 3. The number of aromatic hydroxyl groups is 1. The molecule has 13 heteroatoms. The fraction of sp³-hybridized carbons (Fsp3) is 0.361. The minimum atomic E-state index is -0.877. The van der Waals surface area contributed by atoms with Crippen molar-refractivity contribution in [3.63, 3.8) is 0 Å². The summed E-state index contributed by atoms with van der Waals surface area (Å²) in [5, 5.41) is 24.0. The third kappa shape index (κ3) is 7.46. The molecule has 256 valence electrons. The number of phenolic OH excluding ortho intramolecular Hbond substituents is 1. The normalized spacial score (nSPS) is 17.1. The number of hydrogen-bond acceptors (Lipinski definition) is 9. The van der Waals surface area contributed by atoms with Crippen LogP contribution in [0.1, 0.15) is 46.0 Å². The number of rotatable bonds is 10. The Morgan fingerprint density at radius 1 is 1.10 bits per heavy atom. The van der Waals surface area contributed by atoms with Crippen LogP contribution in [-0.4, -0.2) is 91.9 Å². The number of thiazole rings is 1. The number of carbonyl (C=O) groups excluding carboxylic acids is 1. The molecular formula is C36H39FN6O5S. The fourth-order valence-electron chi connectivity index (χ4n) is 6.90. The number of phenols is 1. The Hall–Kier alpha value is -4.40. The third-order valence-corrected chi connectivity index (χ3v) is 10.4. The Bertz CT molecular complexity index is 1970. The molecule has 1 atom stereocenters. The first-order chi connectivity index (χ1) is 23.7. The lowest BCUT2D eigenvalue weighted by atomic mass is 9.88. The first-order valence-electron chi connectivity index (χ1n) is 16.5. The maximum absolute atomic E-state index is 14.7. The molecule has 4 N–H and O–H groups in total. The number of hydrogen-bond donors (Lipinski definition) is 4. The van der Waals surface area contributed by atoms with Crippen LogP contribution in [0.2, 0.25) is 0 Å². The lowest BCUT2D eigenvalue weighted by Gasteiger charge is -2.47. The molecule has 0 radical (unpaired) electrons. The average molecular weight is 687 g/mol. The first-order valence-corrected chi connectivity index (χ1v) is 17.3. The number of benzene rings is 3. The number of nitrogens with zero attached hydrogens (tertiary/aromatic N) is 4. The minimum absolute atomic E-state index is 0.00947. The van der Waals surface area contributed by atoms with Gasteiger partial charge in [0.2, 0.25) is 0 Å². The number of amides is 1. The number of ether oxygens (including phenoxy) is 1. The summed E-state index contributed by atoms with van der Waals surface area (Å²) in [5.41, 5.74) is 3.88. The predicted octanol–water partition coefficient (Wildman–Crippen LogP) is 3.99. The minimum Gasteiger partial charge on any atom is -0.506 e. The highest BCUT2D eigenvalue weighted by Gasteiger charge is 2.41. The van der Waals surface area contributed by atoms with Gasteiger partial charge in [0, 0.05) is 61.9 Å². The van der Waals surface area contributed by atoms with Crippen LogP contribution in [0.3, 0.4) is 0 Å². The number of aliphatic hydroxyl groups is 1. The molecule has 2 aliphatic rings. The van der Waals surface area contributed by atoms with Gasteiger partial charge in [0.1, 0.15) is 17.1 Å². The van der Waals surface area contributed by atoms with Gasteiger partial charge in [0.15, 0.2) is 0 Å². The zero-order valence-electron chi connectivity index (χ0n) is 27.0. The van der Waals surface area contributed by atoms with Crippen LogP contribution in [0.25, 0.3) is 15.9 Å². The Labute approximate surface area is 286 Å². The van der Waals surface area contributed by atoms with Crippen LogP contribution >= 0.6 is 11.3 Å². The summed E-state index contributed by atoms with van der Waals surface area (Å²) < 4.78 is 23.4. The Kier molecular flexibility index (Phi) is 9.61. The molecule has 3 aromatic carbocycles. The molecule has 0 bridgehead atoms. The Morgan fingerprint density at radius 2 is 1.90 bits per heavy atom. The standard InChI is InChI=1S/C36H39FN6O5S/c37-27-18-24(7-10-38-20-31(45)29-5-6-30(44)32-33(29)49-35(47)40-32)17-25(19-27)21-41-12-8-36(9-13-41)22-42(15-16-48-36)34(46)26-1-3-28(4-2-26)43-14-11-39-23-43/h1-6,11,14,17-19,23,31,38,44-45H,7-10,12-13,15-16,20-22H2,(H,40,47)/t31-/m0/s1. The molecule has 0 aliphatic carbocycles. The molecule has 11 nitrogen and oxygen atoms in total. The predicted molar refractivity (Wildman–Crippen MR) is 185 cm³/mol. The van der Waals surface area contributed by atoms with Crippen molar-refractivity contribution in [3.05, 3.63) is 111 Å². The molecule has 2 saturated heterocycles. The molecule has 1 amide bonds. The van der Waals surface area contributed by atoms with E-state index in [1.54, 1.807) is 30.7 Å². The van der Waals surface area contributed by atoms with E-state index >= 15 is 0 Å². The lowest BCUT2D eigenvalue weighted by Crippen LogP contribution is -2.57. The van der Waals surface area contributed by atoms with E-state index in [0.717, 1.165) is 54.1 Å². The van der Waals surface area contributed by atoms with Crippen LogP contribution in [-0.2, 0) is 17.7 Å². The number of H-pyrrole nitrogens is 1. The zero-order chi connectivity index (χ0) is 34.0. The van der Waals surface area contributed by atoms with Gasteiger partial charge in [-0.25, -0.2) is 9.37 Å². The van der Waals surface area contributed by atoms with E-state index in [1.807, 2.05) is 46.0 Å². The number of fused-ring (bicyclic) bond motifs is 1. The van der Waals surface area contributed by atoms with Gasteiger partial charge in [-0.15, -0.1) is 0 Å². The van der Waals surface area contributed by atoms with E-state index in [9.17, 15) is 24.2 Å². The SMILES string of the molecule is O=C(c1ccc(-n2ccnc2)cc1)N1CCOC2(CCN(Cc3cc(F)cc(CCNC[C@H](O)c4ccc(O)c5[nH]c(=O)sc45)c3)CC2)C1. The summed E-state index contributed by atoms with van der Waals surface area (Å²) in [6, 6.07) is 15.8. The number of imidazole rings is 1. The van der Waals surface area contributed by atoms with Gasteiger partial charge < -0.3 is 34.7 Å². The van der Waals surface area contributed by atoms with E-state index in [2.05, 4.69) is 20.2 Å². The number of morpholine rings is 1. The van der Waals surface area contributed by atoms with Crippen molar-refractivity contribution in [2.24, 2.45) is 0 Å². The zero-order valence-corrected chi connectivity index (χ0v) is 27.8. The molecule has 49 heavy (non-hydrogen) atoms. The number of nitrogens with one attached hydrogen (secondary N) is 2. The van der Waals surface area contributed by atoms with Crippen LogP contribution in [0.4, 0.5) is 4.39 Å². The second kappa shape index (κ2) is 14.2. The van der Waals surface area contributed by atoms with Gasteiger partial charge in [0.05, 0.1) is 35.9 Å². The van der Waals surface area contributed by atoms with Crippen LogP contribution in [0, 0.1) is 5.82 Å². The van der Waals surface area contributed by atoms with E-state index in [1.165, 1.54) is 6.07 Å². The summed E-state index contributed by atoms with van der Waals surface area (Å²) in [6.45, 7) is 4.58. The highest BCUT2D eigenvalue weighted by molar-refractivity contribution is 7.16. The molecule has 1 spiro atoms. The maximum Gasteiger partial charge on any atom is 0.305 e. The monoisotopic (exact) mass is 686 g/mol.